The van der Waals surface area contributed by atoms with E-state index in [4.69, 9.17) is 0 Å². The molecule has 0 saturated carbocycles. The standard InChI is InChI=1S/C9H18N2O/c1-4-9(12)11(3)8-5-6-10(2)7-8/h8H,4-7H2,1-3H3/t8-/m1/s1. The summed E-state index contributed by atoms with van der Waals surface area (Å²) in [4.78, 5) is 15.5. The van der Waals surface area contributed by atoms with Gasteiger partial charge < -0.3 is 9.80 Å². The fraction of sp³-hybridized carbons (Fsp3) is 0.889. The Morgan fingerprint density at radius 1 is 1.67 bits per heavy atom. The van der Waals surface area contributed by atoms with Crippen LogP contribution in [0.15, 0.2) is 0 Å². The van der Waals surface area contributed by atoms with Gasteiger partial charge in [-0.25, -0.2) is 0 Å². The molecule has 1 atom stereocenters. The van der Waals surface area contributed by atoms with E-state index in [-0.39, 0.29) is 5.91 Å². The third-order valence-corrected chi connectivity index (χ3v) is 2.61. The fourth-order valence-electron chi connectivity index (χ4n) is 1.68. The van der Waals surface area contributed by atoms with Gasteiger partial charge in [-0.3, -0.25) is 4.79 Å². The monoisotopic (exact) mass is 170 g/mol. The molecule has 0 aromatic heterocycles. The Kier molecular flexibility index (Phi) is 3.09. The normalized spacial score (nSPS) is 24.4. The van der Waals surface area contributed by atoms with Crippen LogP contribution in [0.2, 0.25) is 0 Å². The highest BCUT2D eigenvalue weighted by Gasteiger charge is 2.25. The van der Waals surface area contributed by atoms with Crippen molar-refractivity contribution in [1.29, 1.82) is 0 Å². The van der Waals surface area contributed by atoms with Crippen LogP contribution in [0.5, 0.6) is 0 Å². The van der Waals surface area contributed by atoms with Crippen LogP contribution in [-0.4, -0.2) is 48.9 Å². The molecule has 1 amide bonds. The van der Waals surface area contributed by atoms with E-state index in [0.717, 1.165) is 19.5 Å². The summed E-state index contributed by atoms with van der Waals surface area (Å²) >= 11 is 0. The third kappa shape index (κ3) is 1.97. The van der Waals surface area contributed by atoms with E-state index in [0.29, 0.717) is 12.5 Å². The van der Waals surface area contributed by atoms with Gasteiger partial charge in [0.25, 0.3) is 0 Å². The topological polar surface area (TPSA) is 23.6 Å². The first-order chi connectivity index (χ1) is 5.65. The lowest BCUT2D eigenvalue weighted by atomic mass is 10.2. The number of likely N-dealkylation sites (tertiary alicyclic amines) is 1. The molecule has 0 N–H and O–H groups in total. The summed E-state index contributed by atoms with van der Waals surface area (Å²) < 4.78 is 0. The Balaban J connectivity index is 2.42. The van der Waals surface area contributed by atoms with Gasteiger partial charge in [0.1, 0.15) is 0 Å². The van der Waals surface area contributed by atoms with Crippen molar-refractivity contribution in [3.05, 3.63) is 0 Å². The molecule has 1 aliphatic heterocycles. The predicted molar refractivity (Wildman–Crippen MR) is 49.0 cm³/mol. The number of carbonyl (C=O) groups is 1. The average Bonchev–Trinajstić information content (AvgIpc) is 2.49. The zero-order chi connectivity index (χ0) is 9.14. The highest BCUT2D eigenvalue weighted by Crippen LogP contribution is 2.12. The molecule has 12 heavy (non-hydrogen) atoms. The Morgan fingerprint density at radius 2 is 2.33 bits per heavy atom. The molecule has 0 radical (unpaired) electrons. The van der Waals surface area contributed by atoms with Crippen LogP contribution in [0.25, 0.3) is 0 Å². The van der Waals surface area contributed by atoms with Crippen LogP contribution >= 0.6 is 0 Å². The van der Waals surface area contributed by atoms with E-state index in [9.17, 15) is 4.79 Å². The van der Waals surface area contributed by atoms with Crippen molar-refractivity contribution in [3.63, 3.8) is 0 Å². The van der Waals surface area contributed by atoms with Gasteiger partial charge in [-0.2, -0.15) is 0 Å². The molecule has 3 heteroatoms. The summed E-state index contributed by atoms with van der Waals surface area (Å²) in [5.41, 5.74) is 0. The van der Waals surface area contributed by atoms with Gasteiger partial charge in [0.2, 0.25) is 5.91 Å². The van der Waals surface area contributed by atoms with Crippen molar-refractivity contribution in [2.24, 2.45) is 0 Å². The van der Waals surface area contributed by atoms with E-state index in [2.05, 4.69) is 11.9 Å². The van der Waals surface area contributed by atoms with Gasteiger partial charge >= 0.3 is 0 Å². The zero-order valence-electron chi connectivity index (χ0n) is 8.21. The Hall–Kier alpha value is -0.570. The molecular weight excluding hydrogens is 152 g/mol. The zero-order valence-corrected chi connectivity index (χ0v) is 8.21. The number of likely N-dealkylation sites (N-methyl/N-ethyl adjacent to an activating group) is 2. The van der Waals surface area contributed by atoms with E-state index in [1.807, 2.05) is 18.9 Å². The first kappa shape index (κ1) is 9.52. The second-order valence-electron chi connectivity index (χ2n) is 3.56. The van der Waals surface area contributed by atoms with Gasteiger partial charge in [0.15, 0.2) is 0 Å². The number of rotatable bonds is 2. The van der Waals surface area contributed by atoms with E-state index < -0.39 is 0 Å². The smallest absolute Gasteiger partial charge is 0.222 e. The first-order valence-electron chi connectivity index (χ1n) is 4.59. The molecule has 3 nitrogen and oxygen atoms in total. The van der Waals surface area contributed by atoms with Gasteiger partial charge in [-0.15, -0.1) is 0 Å². The minimum atomic E-state index is 0.260. The Morgan fingerprint density at radius 3 is 2.75 bits per heavy atom. The van der Waals surface area contributed by atoms with E-state index in [1.165, 1.54) is 0 Å². The Bertz CT molecular complexity index is 170. The quantitative estimate of drug-likeness (QED) is 0.604. The summed E-state index contributed by atoms with van der Waals surface area (Å²) in [6, 6.07) is 0.447. The first-order valence-corrected chi connectivity index (χ1v) is 4.59. The average molecular weight is 170 g/mol. The molecule has 1 rings (SSSR count). The SMILES string of the molecule is CCC(=O)N(C)[C@@H]1CCN(C)C1. The maximum absolute atomic E-state index is 11.3. The highest BCUT2D eigenvalue weighted by atomic mass is 16.2. The lowest BCUT2D eigenvalue weighted by Gasteiger charge is -2.23. The van der Waals surface area contributed by atoms with Gasteiger partial charge in [0.05, 0.1) is 0 Å². The second kappa shape index (κ2) is 3.90. The molecule has 1 aliphatic rings. The van der Waals surface area contributed by atoms with Crippen LogP contribution < -0.4 is 0 Å². The molecular formula is C9H18N2O. The van der Waals surface area contributed by atoms with Gasteiger partial charge in [-0.05, 0) is 20.0 Å². The van der Waals surface area contributed by atoms with Gasteiger partial charge in [0, 0.05) is 26.1 Å². The number of nitrogens with zero attached hydrogens (tertiary/aromatic N) is 2. The van der Waals surface area contributed by atoms with E-state index >= 15 is 0 Å². The van der Waals surface area contributed by atoms with Gasteiger partial charge in [-0.1, -0.05) is 6.92 Å². The largest absolute Gasteiger partial charge is 0.341 e. The van der Waals surface area contributed by atoms with Crippen LogP contribution in [-0.2, 0) is 4.79 Å². The van der Waals surface area contributed by atoms with Crippen molar-refractivity contribution < 1.29 is 4.79 Å². The number of amides is 1. The molecule has 1 saturated heterocycles. The number of carbonyl (C=O) groups excluding carboxylic acids is 1. The minimum absolute atomic E-state index is 0.260. The Labute approximate surface area is 74.3 Å². The summed E-state index contributed by atoms with van der Waals surface area (Å²) in [7, 11) is 4.01. The lowest BCUT2D eigenvalue weighted by molar-refractivity contribution is -0.131. The lowest BCUT2D eigenvalue weighted by Crippen LogP contribution is -2.38. The van der Waals surface area contributed by atoms with Crippen molar-refractivity contribution in [2.75, 3.05) is 27.2 Å². The van der Waals surface area contributed by atoms with Crippen LogP contribution in [0, 0.1) is 0 Å². The fourth-order valence-corrected chi connectivity index (χ4v) is 1.68. The molecule has 0 spiro atoms. The third-order valence-electron chi connectivity index (χ3n) is 2.61. The van der Waals surface area contributed by atoms with Crippen molar-refractivity contribution in [1.82, 2.24) is 9.80 Å². The van der Waals surface area contributed by atoms with Crippen LogP contribution in [0.4, 0.5) is 0 Å². The summed E-state index contributed by atoms with van der Waals surface area (Å²) in [6.45, 7) is 4.06. The number of hydrogen-bond acceptors (Lipinski definition) is 2. The van der Waals surface area contributed by atoms with Crippen LogP contribution in [0.3, 0.4) is 0 Å². The minimum Gasteiger partial charge on any atom is -0.341 e. The summed E-state index contributed by atoms with van der Waals surface area (Å²) in [5.74, 6) is 0.260. The predicted octanol–water partition coefficient (Wildman–Crippen LogP) is 0.559. The summed E-state index contributed by atoms with van der Waals surface area (Å²) in [6.07, 6.45) is 1.75. The van der Waals surface area contributed by atoms with Crippen LogP contribution in [0.1, 0.15) is 19.8 Å². The van der Waals surface area contributed by atoms with Crippen molar-refractivity contribution >= 4 is 5.91 Å². The molecule has 0 unspecified atom stereocenters. The van der Waals surface area contributed by atoms with Crippen molar-refractivity contribution in [2.45, 2.75) is 25.8 Å². The second-order valence-corrected chi connectivity index (χ2v) is 3.56. The molecule has 1 heterocycles. The molecule has 0 aliphatic carbocycles. The highest BCUT2D eigenvalue weighted by molar-refractivity contribution is 5.75. The van der Waals surface area contributed by atoms with E-state index in [1.54, 1.807) is 0 Å². The maximum Gasteiger partial charge on any atom is 0.222 e. The molecule has 0 aromatic carbocycles. The van der Waals surface area contributed by atoms with Crippen molar-refractivity contribution in [3.8, 4) is 0 Å². The molecule has 70 valence electrons. The molecule has 0 bridgehead atoms. The number of hydrogen-bond donors (Lipinski definition) is 0. The molecule has 0 aromatic rings. The maximum atomic E-state index is 11.3. The summed E-state index contributed by atoms with van der Waals surface area (Å²) in [5, 5.41) is 0. The molecule has 1 fully saturated rings.